The molecule has 6 heteroatoms. The summed E-state index contributed by atoms with van der Waals surface area (Å²) in [5.41, 5.74) is 2.25. The van der Waals surface area contributed by atoms with Gasteiger partial charge in [-0.15, -0.1) is 0 Å². The minimum absolute atomic E-state index is 0.0851. The predicted octanol–water partition coefficient (Wildman–Crippen LogP) is 4.67. The molecule has 2 aromatic rings. The van der Waals surface area contributed by atoms with Crippen LogP contribution in [0.5, 0.6) is 11.5 Å². The summed E-state index contributed by atoms with van der Waals surface area (Å²) < 4.78 is 10.9. The molecule has 0 spiro atoms. The first-order chi connectivity index (χ1) is 13.1. The van der Waals surface area contributed by atoms with E-state index >= 15 is 0 Å². The number of aliphatic imine (C=N–C) groups is 1. The highest BCUT2D eigenvalue weighted by Crippen LogP contribution is 2.34. The number of rotatable bonds is 5. The van der Waals surface area contributed by atoms with Crippen molar-refractivity contribution in [2.24, 2.45) is 4.99 Å². The Hall–Kier alpha value is -2.47. The molecule has 1 aliphatic heterocycles. The van der Waals surface area contributed by atoms with Crippen molar-refractivity contribution in [3.8, 4) is 11.5 Å². The van der Waals surface area contributed by atoms with Crippen LogP contribution in [0.3, 0.4) is 0 Å². The van der Waals surface area contributed by atoms with Gasteiger partial charge in [-0.05, 0) is 37.6 Å². The molecule has 0 aromatic heterocycles. The Morgan fingerprint density at radius 2 is 1.81 bits per heavy atom. The summed E-state index contributed by atoms with van der Waals surface area (Å²) in [6.45, 7) is 4.00. The number of nitrogens with zero attached hydrogens (tertiary/aromatic N) is 2. The number of hydrogen-bond acceptors (Lipinski definition) is 5. The van der Waals surface area contributed by atoms with Gasteiger partial charge in [-0.1, -0.05) is 36.9 Å². The van der Waals surface area contributed by atoms with Gasteiger partial charge in [-0.2, -0.15) is 0 Å². The van der Waals surface area contributed by atoms with Gasteiger partial charge in [0, 0.05) is 22.9 Å². The van der Waals surface area contributed by atoms with Gasteiger partial charge >= 0.3 is 0 Å². The minimum atomic E-state index is -0.0851. The van der Waals surface area contributed by atoms with Crippen LogP contribution >= 0.6 is 11.8 Å². The van der Waals surface area contributed by atoms with Crippen LogP contribution in [-0.2, 0) is 0 Å². The average molecular weight is 385 g/mol. The molecule has 27 heavy (non-hydrogen) atoms. The van der Waals surface area contributed by atoms with Crippen LogP contribution in [-0.4, -0.2) is 42.0 Å². The van der Waals surface area contributed by atoms with Crippen molar-refractivity contribution < 1.29 is 14.3 Å². The molecular formula is C21H24N2O3S. The zero-order chi connectivity index (χ0) is 19.4. The highest BCUT2D eigenvalue weighted by molar-refractivity contribution is 8.14. The molecule has 3 rings (SSSR count). The summed E-state index contributed by atoms with van der Waals surface area (Å²) in [4.78, 5) is 19.9. The van der Waals surface area contributed by atoms with Crippen LogP contribution in [0.1, 0.15) is 29.3 Å². The van der Waals surface area contributed by atoms with Crippen molar-refractivity contribution >= 4 is 28.5 Å². The van der Waals surface area contributed by atoms with E-state index in [9.17, 15) is 4.79 Å². The fraction of sp³-hybridized carbons (Fsp3) is 0.333. The third-order valence-corrected chi connectivity index (χ3v) is 5.74. The van der Waals surface area contributed by atoms with Crippen molar-refractivity contribution in [2.75, 3.05) is 20.0 Å². The number of amides is 1. The monoisotopic (exact) mass is 384 g/mol. The molecule has 0 N–H and O–H groups in total. The zero-order valence-electron chi connectivity index (χ0n) is 16.1. The van der Waals surface area contributed by atoms with Crippen molar-refractivity contribution in [1.82, 2.24) is 4.90 Å². The minimum Gasteiger partial charge on any atom is -0.496 e. The lowest BCUT2D eigenvalue weighted by Gasteiger charge is -2.24. The molecule has 0 saturated carbocycles. The van der Waals surface area contributed by atoms with Crippen LogP contribution in [0.2, 0.25) is 0 Å². The second-order valence-corrected chi connectivity index (χ2v) is 7.27. The van der Waals surface area contributed by atoms with Gasteiger partial charge in [-0.3, -0.25) is 9.69 Å². The van der Waals surface area contributed by atoms with E-state index in [1.54, 1.807) is 43.0 Å². The normalized spacial score (nSPS) is 18.0. The number of benzene rings is 2. The van der Waals surface area contributed by atoms with E-state index < -0.39 is 0 Å². The van der Waals surface area contributed by atoms with E-state index in [0.717, 1.165) is 28.6 Å². The van der Waals surface area contributed by atoms with Gasteiger partial charge in [0.15, 0.2) is 5.17 Å². The molecule has 2 aromatic carbocycles. The van der Waals surface area contributed by atoms with Crippen molar-refractivity contribution in [2.45, 2.75) is 26.3 Å². The number of methoxy groups -OCH3 is 2. The number of thioether (sulfide) groups is 1. The van der Waals surface area contributed by atoms with Gasteiger partial charge in [0.2, 0.25) is 0 Å². The maximum absolute atomic E-state index is 13.4. The van der Waals surface area contributed by atoms with Crippen LogP contribution in [0.15, 0.2) is 47.5 Å². The third-order valence-electron chi connectivity index (χ3n) is 4.65. The molecule has 1 saturated heterocycles. The molecule has 1 amide bonds. The van der Waals surface area contributed by atoms with E-state index in [4.69, 9.17) is 14.5 Å². The standard InChI is InChI=1S/C21H24N2O3S/c1-5-17-13-27-21(22-16-9-7-6-8-10-16)23(17)20(24)15-11-18(25-3)14(2)19(12-15)26-4/h6-12,17H,5,13H2,1-4H3/t17-/m0/s1. The number of ether oxygens (including phenoxy) is 2. The Morgan fingerprint density at radius 1 is 1.19 bits per heavy atom. The van der Waals surface area contributed by atoms with Crippen LogP contribution < -0.4 is 9.47 Å². The largest absolute Gasteiger partial charge is 0.496 e. The summed E-state index contributed by atoms with van der Waals surface area (Å²) >= 11 is 1.62. The van der Waals surface area contributed by atoms with Gasteiger partial charge < -0.3 is 9.47 Å². The lowest BCUT2D eigenvalue weighted by molar-refractivity contribution is 0.0818. The Bertz CT molecular complexity index is 827. The molecule has 5 nitrogen and oxygen atoms in total. The van der Waals surface area contributed by atoms with E-state index in [1.807, 2.05) is 37.3 Å². The fourth-order valence-corrected chi connectivity index (χ4v) is 4.34. The smallest absolute Gasteiger partial charge is 0.260 e. The zero-order valence-corrected chi connectivity index (χ0v) is 16.9. The summed E-state index contributed by atoms with van der Waals surface area (Å²) in [7, 11) is 3.19. The van der Waals surface area contributed by atoms with Crippen LogP contribution in [0.25, 0.3) is 0 Å². The molecule has 1 fully saturated rings. The summed E-state index contributed by atoms with van der Waals surface area (Å²) in [6.07, 6.45) is 0.868. The summed E-state index contributed by atoms with van der Waals surface area (Å²) in [5, 5.41) is 0.733. The van der Waals surface area contributed by atoms with E-state index in [0.29, 0.717) is 17.1 Å². The highest BCUT2D eigenvalue weighted by Gasteiger charge is 2.35. The molecule has 0 radical (unpaired) electrons. The first-order valence-electron chi connectivity index (χ1n) is 8.91. The molecule has 0 aliphatic carbocycles. The SMILES string of the molecule is CC[C@H]1CSC(=Nc2ccccc2)N1C(=O)c1cc(OC)c(C)c(OC)c1. The average Bonchev–Trinajstić information content (AvgIpc) is 3.10. The first-order valence-corrected chi connectivity index (χ1v) is 9.90. The van der Waals surface area contributed by atoms with Crippen LogP contribution in [0, 0.1) is 6.92 Å². The Balaban J connectivity index is 2.01. The van der Waals surface area contributed by atoms with Crippen molar-refractivity contribution in [3.05, 3.63) is 53.6 Å². The lowest BCUT2D eigenvalue weighted by Crippen LogP contribution is -2.39. The predicted molar refractivity (Wildman–Crippen MR) is 111 cm³/mol. The molecular weight excluding hydrogens is 360 g/mol. The Morgan fingerprint density at radius 3 is 2.37 bits per heavy atom. The number of carbonyl (C=O) groups is 1. The Labute approximate surface area is 164 Å². The maximum atomic E-state index is 13.4. The molecule has 1 aliphatic rings. The number of carbonyl (C=O) groups excluding carboxylic acids is 1. The third kappa shape index (κ3) is 3.95. The summed E-state index contributed by atoms with van der Waals surface area (Å²) in [5.74, 6) is 2.03. The molecule has 0 unspecified atom stereocenters. The van der Waals surface area contributed by atoms with Gasteiger partial charge in [-0.25, -0.2) is 4.99 Å². The highest BCUT2D eigenvalue weighted by atomic mass is 32.2. The molecule has 142 valence electrons. The number of para-hydroxylation sites is 1. The van der Waals surface area contributed by atoms with Gasteiger partial charge in [0.1, 0.15) is 11.5 Å². The molecule has 1 atom stereocenters. The maximum Gasteiger partial charge on any atom is 0.260 e. The Kier molecular flexibility index (Phi) is 6.06. The van der Waals surface area contributed by atoms with Crippen LogP contribution in [0.4, 0.5) is 5.69 Å². The number of amidine groups is 1. The lowest BCUT2D eigenvalue weighted by atomic mass is 10.1. The fourth-order valence-electron chi connectivity index (χ4n) is 3.07. The second kappa shape index (κ2) is 8.48. The van der Waals surface area contributed by atoms with Gasteiger partial charge in [0.25, 0.3) is 5.91 Å². The number of hydrogen-bond donors (Lipinski definition) is 0. The quantitative estimate of drug-likeness (QED) is 0.752. The van der Waals surface area contributed by atoms with E-state index in [2.05, 4.69) is 6.92 Å². The van der Waals surface area contributed by atoms with E-state index in [1.165, 1.54) is 0 Å². The van der Waals surface area contributed by atoms with E-state index in [-0.39, 0.29) is 11.9 Å². The van der Waals surface area contributed by atoms with Gasteiger partial charge in [0.05, 0.1) is 19.9 Å². The van der Waals surface area contributed by atoms with Crippen molar-refractivity contribution in [1.29, 1.82) is 0 Å². The van der Waals surface area contributed by atoms with Crippen molar-refractivity contribution in [3.63, 3.8) is 0 Å². The molecule has 0 bridgehead atoms. The first kappa shape index (κ1) is 19.3. The second-order valence-electron chi connectivity index (χ2n) is 6.28. The summed E-state index contributed by atoms with van der Waals surface area (Å²) in [6, 6.07) is 13.4. The molecule has 1 heterocycles. The topological polar surface area (TPSA) is 51.1 Å².